The minimum Gasteiger partial charge on any atom is -0.490 e. The Labute approximate surface area is 105 Å². The molecule has 0 saturated heterocycles. The molecule has 1 aromatic carbocycles. The Balaban J connectivity index is 2.09. The third-order valence-electron chi connectivity index (χ3n) is 3.29. The highest BCUT2D eigenvalue weighted by Gasteiger charge is 2.19. The van der Waals surface area contributed by atoms with Crippen LogP contribution in [0.5, 0.6) is 5.75 Å². The Bertz CT molecular complexity index is 356. The van der Waals surface area contributed by atoms with E-state index in [9.17, 15) is 0 Å². The molecule has 0 bridgehead atoms. The van der Waals surface area contributed by atoms with Crippen molar-refractivity contribution < 1.29 is 4.74 Å². The molecule has 0 aliphatic heterocycles. The largest absolute Gasteiger partial charge is 0.490 e. The molecule has 1 aliphatic rings. The van der Waals surface area contributed by atoms with E-state index in [0.717, 1.165) is 12.2 Å². The van der Waals surface area contributed by atoms with Crippen LogP contribution >= 0.6 is 0 Å². The van der Waals surface area contributed by atoms with Gasteiger partial charge < -0.3 is 4.74 Å². The van der Waals surface area contributed by atoms with Crippen molar-refractivity contribution in [1.82, 2.24) is 0 Å². The minimum absolute atomic E-state index is 0.315. The molecule has 0 atom stereocenters. The first kappa shape index (κ1) is 12.5. The monoisotopic (exact) mass is 232 g/mol. The molecule has 0 heterocycles. The van der Waals surface area contributed by atoms with Crippen LogP contribution in [0.1, 0.15) is 52.0 Å². The molecule has 0 spiro atoms. The number of benzene rings is 1. The van der Waals surface area contributed by atoms with Gasteiger partial charge in [0.2, 0.25) is 0 Å². The van der Waals surface area contributed by atoms with E-state index in [0.29, 0.717) is 11.5 Å². The van der Waals surface area contributed by atoms with Crippen LogP contribution in [0.4, 0.5) is 0 Å². The van der Waals surface area contributed by atoms with Crippen molar-refractivity contribution in [1.29, 1.82) is 0 Å². The predicted molar refractivity (Wildman–Crippen MR) is 72.5 cm³/mol. The number of hydrogen-bond acceptors (Lipinski definition) is 1. The summed E-state index contributed by atoms with van der Waals surface area (Å²) < 4.78 is 6.15. The summed E-state index contributed by atoms with van der Waals surface area (Å²) in [5, 5.41) is 0. The summed E-state index contributed by atoms with van der Waals surface area (Å²) in [6.07, 6.45) is 6.64. The Morgan fingerprint density at radius 1 is 1.12 bits per heavy atom. The second-order valence-electron chi connectivity index (χ2n) is 6.37. The van der Waals surface area contributed by atoms with E-state index in [2.05, 4.69) is 45.0 Å². The molecule has 1 saturated carbocycles. The Morgan fingerprint density at radius 2 is 1.76 bits per heavy atom. The smallest absolute Gasteiger partial charge is 0.122 e. The van der Waals surface area contributed by atoms with Crippen molar-refractivity contribution in [2.45, 2.75) is 59.0 Å². The Kier molecular flexibility index (Phi) is 3.76. The first-order valence-electron chi connectivity index (χ1n) is 6.79. The number of para-hydroxylation sites is 1. The summed E-state index contributed by atoms with van der Waals surface area (Å²) in [5.74, 6) is 1.11. The van der Waals surface area contributed by atoms with Crippen LogP contribution in [0.15, 0.2) is 24.3 Å². The Morgan fingerprint density at radius 3 is 2.41 bits per heavy atom. The zero-order valence-electron chi connectivity index (χ0n) is 11.3. The van der Waals surface area contributed by atoms with Gasteiger partial charge >= 0.3 is 0 Å². The minimum atomic E-state index is 0.315. The van der Waals surface area contributed by atoms with Crippen molar-refractivity contribution in [2.75, 3.05) is 0 Å². The molecule has 1 aliphatic carbocycles. The molecule has 0 radical (unpaired) electrons. The molecule has 1 aromatic rings. The lowest BCUT2D eigenvalue weighted by Gasteiger charge is -2.22. The third kappa shape index (κ3) is 3.76. The predicted octanol–water partition coefficient (Wildman–Crippen LogP) is 4.60. The van der Waals surface area contributed by atoms with Gasteiger partial charge in [-0.15, -0.1) is 0 Å². The van der Waals surface area contributed by atoms with Crippen LogP contribution in [0.3, 0.4) is 0 Å². The van der Waals surface area contributed by atoms with Crippen molar-refractivity contribution in [3.05, 3.63) is 29.8 Å². The van der Waals surface area contributed by atoms with E-state index in [1.54, 1.807) is 0 Å². The molecule has 0 aromatic heterocycles. The number of rotatable bonds is 3. The third-order valence-corrected chi connectivity index (χ3v) is 3.29. The van der Waals surface area contributed by atoms with E-state index in [-0.39, 0.29) is 0 Å². The first-order valence-corrected chi connectivity index (χ1v) is 6.79. The van der Waals surface area contributed by atoms with Gasteiger partial charge in [0.05, 0.1) is 6.10 Å². The molecule has 2 rings (SSSR count). The van der Waals surface area contributed by atoms with Crippen LogP contribution in [-0.4, -0.2) is 6.10 Å². The summed E-state index contributed by atoms with van der Waals surface area (Å²) in [4.78, 5) is 0. The highest BCUT2D eigenvalue weighted by Crippen LogP contribution is 2.30. The number of ether oxygens (including phenoxy) is 1. The molecule has 94 valence electrons. The van der Waals surface area contributed by atoms with Crippen LogP contribution in [-0.2, 0) is 6.42 Å². The van der Waals surface area contributed by atoms with Crippen LogP contribution in [0.25, 0.3) is 0 Å². The maximum absolute atomic E-state index is 6.15. The second-order valence-corrected chi connectivity index (χ2v) is 6.37. The lowest BCUT2D eigenvalue weighted by Crippen LogP contribution is -2.15. The quantitative estimate of drug-likeness (QED) is 0.740. The van der Waals surface area contributed by atoms with Crippen molar-refractivity contribution in [2.24, 2.45) is 5.41 Å². The highest BCUT2D eigenvalue weighted by atomic mass is 16.5. The lowest BCUT2D eigenvalue weighted by molar-refractivity contribution is 0.206. The van der Waals surface area contributed by atoms with Crippen LogP contribution < -0.4 is 4.74 Å². The molecular formula is C16H24O. The van der Waals surface area contributed by atoms with Gasteiger partial charge in [0.1, 0.15) is 5.75 Å². The van der Waals surface area contributed by atoms with Gasteiger partial charge in [-0.1, -0.05) is 39.0 Å². The zero-order chi connectivity index (χ0) is 12.3. The maximum atomic E-state index is 6.15. The average molecular weight is 232 g/mol. The fourth-order valence-corrected chi connectivity index (χ4v) is 2.52. The van der Waals surface area contributed by atoms with Gasteiger partial charge in [0.15, 0.2) is 0 Å². The van der Waals surface area contributed by atoms with Crippen molar-refractivity contribution in [3.63, 3.8) is 0 Å². The van der Waals surface area contributed by atoms with Gasteiger partial charge in [-0.3, -0.25) is 0 Å². The first-order chi connectivity index (χ1) is 8.04. The normalized spacial score (nSPS) is 17.4. The zero-order valence-corrected chi connectivity index (χ0v) is 11.3. The fraction of sp³-hybridized carbons (Fsp3) is 0.625. The SMILES string of the molecule is CC(C)(C)Cc1ccccc1OC1CCCC1. The Hall–Kier alpha value is -0.980. The lowest BCUT2D eigenvalue weighted by atomic mass is 9.88. The maximum Gasteiger partial charge on any atom is 0.122 e. The van der Waals surface area contributed by atoms with E-state index < -0.39 is 0 Å². The molecule has 0 N–H and O–H groups in total. The van der Waals surface area contributed by atoms with E-state index in [1.165, 1.54) is 31.2 Å². The molecule has 0 unspecified atom stereocenters. The van der Waals surface area contributed by atoms with E-state index in [1.807, 2.05) is 0 Å². The molecule has 1 fully saturated rings. The van der Waals surface area contributed by atoms with Crippen LogP contribution in [0, 0.1) is 5.41 Å². The summed E-state index contributed by atoms with van der Waals surface area (Å²) in [5.41, 5.74) is 1.67. The van der Waals surface area contributed by atoms with E-state index in [4.69, 9.17) is 4.74 Å². The van der Waals surface area contributed by atoms with Gasteiger partial charge in [-0.25, -0.2) is 0 Å². The van der Waals surface area contributed by atoms with Crippen molar-refractivity contribution >= 4 is 0 Å². The van der Waals surface area contributed by atoms with E-state index >= 15 is 0 Å². The number of hydrogen-bond donors (Lipinski definition) is 0. The van der Waals surface area contributed by atoms with Gasteiger partial charge in [-0.2, -0.15) is 0 Å². The summed E-state index contributed by atoms with van der Waals surface area (Å²) in [7, 11) is 0. The summed E-state index contributed by atoms with van der Waals surface area (Å²) in [6, 6.07) is 8.52. The van der Waals surface area contributed by atoms with Crippen LogP contribution in [0.2, 0.25) is 0 Å². The molecule has 17 heavy (non-hydrogen) atoms. The van der Waals surface area contributed by atoms with Gasteiger partial charge in [-0.05, 0) is 49.1 Å². The topological polar surface area (TPSA) is 9.23 Å². The molecule has 1 nitrogen and oxygen atoms in total. The molecule has 0 amide bonds. The fourth-order valence-electron chi connectivity index (χ4n) is 2.52. The second kappa shape index (κ2) is 5.12. The van der Waals surface area contributed by atoms with Crippen molar-refractivity contribution in [3.8, 4) is 5.75 Å². The summed E-state index contributed by atoms with van der Waals surface area (Å²) >= 11 is 0. The van der Waals surface area contributed by atoms with Gasteiger partial charge in [0, 0.05) is 0 Å². The summed E-state index contributed by atoms with van der Waals surface area (Å²) in [6.45, 7) is 6.83. The average Bonchev–Trinajstić information content (AvgIpc) is 2.71. The molecule has 1 heteroatoms. The standard InChI is InChI=1S/C16H24O/c1-16(2,3)12-13-8-4-7-11-15(13)17-14-9-5-6-10-14/h4,7-8,11,14H,5-6,9-10,12H2,1-3H3. The molecular weight excluding hydrogens is 208 g/mol. The highest BCUT2D eigenvalue weighted by molar-refractivity contribution is 5.34. The van der Waals surface area contributed by atoms with Gasteiger partial charge in [0.25, 0.3) is 0 Å².